The van der Waals surface area contributed by atoms with Gasteiger partial charge in [0.2, 0.25) is 0 Å². The molecule has 0 amide bonds. The SMILES string of the molecule is O[C@@H]1C[C@H]2CN(Cc3coc4ccccc34)C[C@H]2C[C@H]1n1cc(-c2cncnc2)nn1. The Labute approximate surface area is 179 Å². The molecule has 4 aromatic rings. The van der Waals surface area contributed by atoms with Crippen LogP contribution in [0.4, 0.5) is 0 Å². The monoisotopic (exact) mass is 416 g/mol. The van der Waals surface area contributed by atoms with Crippen LogP contribution < -0.4 is 0 Å². The van der Waals surface area contributed by atoms with Crippen LogP contribution in [0.25, 0.3) is 22.2 Å². The summed E-state index contributed by atoms with van der Waals surface area (Å²) in [7, 11) is 0. The van der Waals surface area contributed by atoms with Crippen molar-refractivity contribution in [3.8, 4) is 11.3 Å². The average Bonchev–Trinajstić information content (AvgIpc) is 3.52. The lowest BCUT2D eigenvalue weighted by atomic mass is 9.77. The highest BCUT2D eigenvalue weighted by Gasteiger charge is 2.42. The molecular formula is C23H24N6O2. The fraction of sp³-hybridized carbons (Fsp3) is 0.391. The second-order valence-corrected chi connectivity index (χ2v) is 8.79. The van der Waals surface area contributed by atoms with E-state index in [4.69, 9.17) is 4.42 Å². The number of furan rings is 1. The highest BCUT2D eigenvalue weighted by Crippen LogP contribution is 2.42. The molecule has 1 aromatic carbocycles. The van der Waals surface area contributed by atoms with Gasteiger partial charge in [-0.25, -0.2) is 14.6 Å². The number of benzene rings is 1. The van der Waals surface area contributed by atoms with Gasteiger partial charge in [0.15, 0.2) is 0 Å². The van der Waals surface area contributed by atoms with Gasteiger partial charge in [-0.05, 0) is 30.7 Å². The van der Waals surface area contributed by atoms with Gasteiger partial charge in [0.1, 0.15) is 17.6 Å². The van der Waals surface area contributed by atoms with Crippen molar-refractivity contribution in [1.29, 1.82) is 0 Å². The molecule has 6 rings (SSSR count). The molecule has 2 aliphatic rings. The van der Waals surface area contributed by atoms with Crippen LogP contribution in [0, 0.1) is 11.8 Å². The molecule has 3 aromatic heterocycles. The molecule has 0 spiro atoms. The van der Waals surface area contributed by atoms with Crippen LogP contribution in [0.2, 0.25) is 0 Å². The number of nitrogens with zero attached hydrogens (tertiary/aromatic N) is 6. The maximum absolute atomic E-state index is 10.9. The number of fused-ring (bicyclic) bond motifs is 2. The van der Waals surface area contributed by atoms with E-state index in [1.165, 1.54) is 17.3 Å². The smallest absolute Gasteiger partial charge is 0.134 e. The van der Waals surface area contributed by atoms with Crippen molar-refractivity contribution in [2.45, 2.75) is 31.5 Å². The van der Waals surface area contributed by atoms with Gasteiger partial charge < -0.3 is 9.52 Å². The van der Waals surface area contributed by atoms with Gasteiger partial charge in [0.05, 0.1) is 24.6 Å². The van der Waals surface area contributed by atoms with Crippen molar-refractivity contribution in [2.24, 2.45) is 11.8 Å². The van der Waals surface area contributed by atoms with E-state index in [9.17, 15) is 5.11 Å². The second-order valence-electron chi connectivity index (χ2n) is 8.79. The maximum Gasteiger partial charge on any atom is 0.134 e. The Morgan fingerprint density at radius 1 is 1.06 bits per heavy atom. The normalized spacial score (nSPS) is 26.4. The van der Waals surface area contributed by atoms with E-state index < -0.39 is 6.10 Å². The molecule has 1 saturated carbocycles. The van der Waals surface area contributed by atoms with E-state index in [-0.39, 0.29) is 6.04 Å². The fourth-order valence-corrected chi connectivity index (χ4v) is 5.32. The Hall–Kier alpha value is -3.10. The molecule has 4 heterocycles. The first kappa shape index (κ1) is 18.7. The average molecular weight is 416 g/mol. The summed E-state index contributed by atoms with van der Waals surface area (Å²) in [6, 6.07) is 8.14. The van der Waals surface area contributed by atoms with Crippen LogP contribution >= 0.6 is 0 Å². The van der Waals surface area contributed by atoms with E-state index in [1.54, 1.807) is 12.4 Å². The van der Waals surface area contributed by atoms with Crippen LogP contribution in [0.5, 0.6) is 0 Å². The van der Waals surface area contributed by atoms with E-state index in [1.807, 2.05) is 29.3 Å². The molecule has 1 N–H and O–H groups in total. The summed E-state index contributed by atoms with van der Waals surface area (Å²) in [5, 5.41) is 20.7. The Balaban J connectivity index is 1.17. The third-order valence-corrected chi connectivity index (χ3v) is 6.85. The van der Waals surface area contributed by atoms with Crippen LogP contribution in [0.1, 0.15) is 24.4 Å². The van der Waals surface area contributed by atoms with Gasteiger partial charge in [-0.1, -0.05) is 23.4 Å². The Kier molecular flexibility index (Phi) is 4.54. The van der Waals surface area contributed by atoms with Crippen molar-refractivity contribution < 1.29 is 9.52 Å². The lowest BCUT2D eigenvalue weighted by Gasteiger charge is -2.35. The molecule has 0 bridgehead atoms. The molecule has 158 valence electrons. The number of rotatable bonds is 4. The molecular weight excluding hydrogens is 392 g/mol. The van der Waals surface area contributed by atoms with Crippen molar-refractivity contribution >= 4 is 11.0 Å². The van der Waals surface area contributed by atoms with Crippen molar-refractivity contribution in [2.75, 3.05) is 13.1 Å². The number of hydrogen-bond donors (Lipinski definition) is 1. The van der Waals surface area contributed by atoms with E-state index in [2.05, 4.69) is 37.3 Å². The fourth-order valence-electron chi connectivity index (χ4n) is 5.32. The number of para-hydroxylation sites is 1. The van der Waals surface area contributed by atoms with Gasteiger partial charge >= 0.3 is 0 Å². The zero-order valence-corrected chi connectivity index (χ0v) is 17.1. The van der Waals surface area contributed by atoms with Crippen LogP contribution in [-0.4, -0.2) is 54.2 Å². The molecule has 4 atom stereocenters. The highest BCUT2D eigenvalue weighted by atomic mass is 16.3. The molecule has 31 heavy (non-hydrogen) atoms. The van der Waals surface area contributed by atoms with Crippen molar-refractivity contribution in [1.82, 2.24) is 29.9 Å². The number of aliphatic hydroxyl groups is 1. The summed E-state index contributed by atoms with van der Waals surface area (Å²) in [5.41, 5.74) is 3.74. The standard InChI is InChI=1S/C23H24N6O2/c30-22-6-16-10-28(11-18-13-31-23-4-2-1-3-19(18)23)9-15(16)5-21(22)29-12-20(26-27-29)17-7-24-14-25-8-17/h1-4,7-8,12-16,21-22,30H,5-6,9-11H2/t15-,16+,21-,22-/m1/s1. The molecule has 0 unspecified atom stereocenters. The summed E-state index contributed by atoms with van der Waals surface area (Å²) in [5.74, 6) is 1.05. The lowest BCUT2D eigenvalue weighted by molar-refractivity contribution is 0.0298. The molecule has 1 aliphatic carbocycles. The number of hydrogen-bond acceptors (Lipinski definition) is 7. The summed E-state index contributed by atoms with van der Waals surface area (Å²) in [6.45, 7) is 2.92. The largest absolute Gasteiger partial charge is 0.464 e. The van der Waals surface area contributed by atoms with Gasteiger partial charge in [-0.15, -0.1) is 5.10 Å². The van der Waals surface area contributed by atoms with Crippen LogP contribution in [0.15, 0.2) is 59.9 Å². The molecule has 8 nitrogen and oxygen atoms in total. The first-order valence-electron chi connectivity index (χ1n) is 10.8. The van der Waals surface area contributed by atoms with Crippen LogP contribution in [-0.2, 0) is 6.54 Å². The van der Waals surface area contributed by atoms with E-state index in [0.29, 0.717) is 11.8 Å². The van der Waals surface area contributed by atoms with Crippen LogP contribution in [0.3, 0.4) is 0 Å². The lowest BCUT2D eigenvalue weighted by Crippen LogP contribution is -2.36. The van der Waals surface area contributed by atoms with Gasteiger partial charge in [-0.3, -0.25) is 4.90 Å². The van der Waals surface area contributed by atoms with E-state index >= 15 is 0 Å². The first-order valence-corrected chi connectivity index (χ1v) is 10.8. The number of aromatic nitrogens is 5. The topological polar surface area (TPSA) is 93.1 Å². The molecule has 2 fully saturated rings. The minimum Gasteiger partial charge on any atom is -0.464 e. The zero-order valence-electron chi connectivity index (χ0n) is 17.1. The zero-order chi connectivity index (χ0) is 20.8. The summed E-state index contributed by atoms with van der Waals surface area (Å²) >= 11 is 0. The van der Waals surface area contributed by atoms with Gasteiger partial charge in [-0.2, -0.15) is 0 Å². The Morgan fingerprint density at radius 2 is 1.87 bits per heavy atom. The Morgan fingerprint density at radius 3 is 2.74 bits per heavy atom. The van der Waals surface area contributed by atoms with Crippen molar-refractivity contribution in [3.63, 3.8) is 0 Å². The third-order valence-electron chi connectivity index (χ3n) is 6.85. The predicted octanol–water partition coefficient (Wildman–Crippen LogP) is 2.93. The Bertz CT molecular complexity index is 1190. The predicted molar refractivity (Wildman–Crippen MR) is 114 cm³/mol. The molecule has 1 saturated heterocycles. The summed E-state index contributed by atoms with van der Waals surface area (Å²) in [6.07, 6.45) is 10.0. The molecule has 1 aliphatic heterocycles. The third kappa shape index (κ3) is 3.41. The number of aliphatic hydroxyl groups excluding tert-OH is 1. The number of likely N-dealkylation sites (tertiary alicyclic amines) is 1. The highest BCUT2D eigenvalue weighted by molar-refractivity contribution is 5.80. The maximum atomic E-state index is 10.9. The first-order chi connectivity index (χ1) is 15.2. The molecule has 8 heteroatoms. The van der Waals surface area contributed by atoms with E-state index in [0.717, 1.165) is 49.3 Å². The second kappa shape index (κ2) is 7.55. The summed E-state index contributed by atoms with van der Waals surface area (Å²) < 4.78 is 7.54. The summed E-state index contributed by atoms with van der Waals surface area (Å²) in [4.78, 5) is 10.6. The minimum atomic E-state index is -0.419. The quantitative estimate of drug-likeness (QED) is 0.547. The van der Waals surface area contributed by atoms with Crippen molar-refractivity contribution in [3.05, 3.63) is 61.0 Å². The minimum absolute atomic E-state index is 0.0539. The molecule has 0 radical (unpaired) electrons. The van der Waals surface area contributed by atoms with Gasteiger partial charge in [0.25, 0.3) is 0 Å². The van der Waals surface area contributed by atoms with Gasteiger partial charge in [0, 0.05) is 48.5 Å².